The van der Waals surface area contributed by atoms with Crippen LogP contribution >= 0.6 is 0 Å². The fourth-order valence-electron chi connectivity index (χ4n) is 11.4. The van der Waals surface area contributed by atoms with Crippen LogP contribution in [0.1, 0.15) is 61.2 Å². The highest BCUT2D eigenvalue weighted by Gasteiger charge is 2.48. The van der Waals surface area contributed by atoms with Crippen LogP contribution in [0.2, 0.25) is 0 Å². The second-order valence-corrected chi connectivity index (χ2v) is 18.3. The van der Waals surface area contributed by atoms with Gasteiger partial charge in [0.05, 0.1) is 10.8 Å². The van der Waals surface area contributed by atoms with Gasteiger partial charge in [-0.3, -0.25) is 0 Å². The van der Waals surface area contributed by atoms with E-state index in [0.717, 1.165) is 17.1 Å². The van der Waals surface area contributed by atoms with E-state index in [1.165, 1.54) is 94.6 Å². The zero-order valence-electron chi connectivity index (χ0n) is 37.5. The first-order valence-electron chi connectivity index (χ1n) is 23.2. The van der Waals surface area contributed by atoms with E-state index in [1.807, 2.05) is 0 Å². The Balaban J connectivity index is 1.13. The zero-order chi connectivity index (χ0) is 44.4. The van der Waals surface area contributed by atoms with Crippen LogP contribution in [-0.2, 0) is 10.8 Å². The molecule has 0 heterocycles. The summed E-state index contributed by atoms with van der Waals surface area (Å²) in [5.41, 5.74) is 23.7. The average molecular weight is 844 g/mol. The molecular formula is C65H49N. The molecule has 2 aliphatic carbocycles. The lowest BCUT2D eigenvalue weighted by molar-refractivity contribution is 0.766. The molecule has 66 heavy (non-hydrogen) atoms. The fraction of sp³-hybridized carbons (Fsp3) is 0.0769. The highest BCUT2D eigenvalue weighted by atomic mass is 15.1. The topological polar surface area (TPSA) is 3.24 Å². The molecule has 0 bridgehead atoms. The molecule has 0 N–H and O–H groups in total. The largest absolute Gasteiger partial charge is 0.310 e. The Morgan fingerprint density at radius 2 is 0.591 bits per heavy atom. The quantitative estimate of drug-likeness (QED) is 0.147. The van der Waals surface area contributed by atoms with Gasteiger partial charge in [0.15, 0.2) is 0 Å². The van der Waals surface area contributed by atoms with Crippen LogP contribution in [0, 0.1) is 20.8 Å². The molecule has 1 heteroatoms. The van der Waals surface area contributed by atoms with E-state index < -0.39 is 10.8 Å². The van der Waals surface area contributed by atoms with Crippen LogP contribution in [0.4, 0.5) is 17.1 Å². The SMILES string of the molecule is Cc1ccc(C2(c3ccccc3)c3ccccc3-c3ccc(N(c4ccc(-c5ccccc5)cc4)c4ccc5c(c4)C(c4ccc(C)cc4)(c4ccc(C)cc4)c4ccccc4-5)cc32)cc1. The molecule has 10 aromatic rings. The summed E-state index contributed by atoms with van der Waals surface area (Å²) in [5, 5.41) is 0. The van der Waals surface area contributed by atoms with Crippen LogP contribution < -0.4 is 4.90 Å². The number of benzene rings is 10. The lowest BCUT2D eigenvalue weighted by Gasteiger charge is -2.36. The van der Waals surface area contributed by atoms with Crippen LogP contribution in [0.15, 0.2) is 243 Å². The number of rotatable bonds is 8. The Morgan fingerprint density at radius 3 is 1.03 bits per heavy atom. The van der Waals surface area contributed by atoms with Crippen molar-refractivity contribution in [3.05, 3.63) is 304 Å². The molecule has 0 saturated carbocycles. The predicted octanol–water partition coefficient (Wildman–Crippen LogP) is 16.5. The Bertz CT molecular complexity index is 3360. The molecule has 0 amide bonds. The summed E-state index contributed by atoms with van der Waals surface area (Å²) in [6.07, 6.45) is 0. The summed E-state index contributed by atoms with van der Waals surface area (Å²) >= 11 is 0. The van der Waals surface area contributed by atoms with Gasteiger partial charge in [-0.15, -0.1) is 0 Å². The van der Waals surface area contributed by atoms with Crippen molar-refractivity contribution in [2.45, 2.75) is 31.6 Å². The van der Waals surface area contributed by atoms with Gasteiger partial charge in [0.25, 0.3) is 0 Å². The van der Waals surface area contributed by atoms with Crippen molar-refractivity contribution in [2.24, 2.45) is 0 Å². The summed E-state index contributed by atoms with van der Waals surface area (Å²) in [4.78, 5) is 2.49. The Morgan fingerprint density at radius 1 is 0.258 bits per heavy atom. The highest BCUT2D eigenvalue weighted by Crippen LogP contribution is 2.59. The van der Waals surface area contributed by atoms with Crippen molar-refractivity contribution in [1.29, 1.82) is 0 Å². The summed E-state index contributed by atoms with van der Waals surface area (Å²) in [6, 6.07) is 91.1. The van der Waals surface area contributed by atoms with Gasteiger partial charge in [0, 0.05) is 17.1 Å². The van der Waals surface area contributed by atoms with Crippen molar-refractivity contribution in [2.75, 3.05) is 4.90 Å². The first-order chi connectivity index (χ1) is 32.4. The van der Waals surface area contributed by atoms with Gasteiger partial charge in [-0.1, -0.05) is 223 Å². The van der Waals surface area contributed by atoms with E-state index in [4.69, 9.17) is 0 Å². The van der Waals surface area contributed by atoms with E-state index in [1.54, 1.807) is 0 Å². The van der Waals surface area contributed by atoms with Crippen molar-refractivity contribution < 1.29 is 0 Å². The van der Waals surface area contributed by atoms with Gasteiger partial charge in [-0.2, -0.15) is 0 Å². The molecule has 1 nitrogen and oxygen atoms in total. The second-order valence-electron chi connectivity index (χ2n) is 18.3. The molecule has 0 aromatic heterocycles. The van der Waals surface area contributed by atoms with E-state index >= 15 is 0 Å². The third-order valence-electron chi connectivity index (χ3n) is 14.5. The monoisotopic (exact) mass is 843 g/mol. The first kappa shape index (κ1) is 39.6. The molecule has 0 saturated heterocycles. The van der Waals surface area contributed by atoms with Crippen molar-refractivity contribution in [3.8, 4) is 33.4 Å². The number of nitrogens with zero attached hydrogens (tertiary/aromatic N) is 1. The van der Waals surface area contributed by atoms with Crippen molar-refractivity contribution in [1.82, 2.24) is 0 Å². The Kier molecular flexibility index (Phi) is 9.36. The molecule has 1 atom stereocenters. The molecule has 0 spiro atoms. The molecular weight excluding hydrogens is 795 g/mol. The minimum Gasteiger partial charge on any atom is -0.310 e. The van der Waals surface area contributed by atoms with Crippen LogP contribution in [0.25, 0.3) is 33.4 Å². The standard InChI is InChI=1S/C65H49N/c1-44-22-30-50(31-23-44)64(49-16-8-5-9-17-49)60-20-12-10-18-56(60)58-40-38-54(42-62(58)64)66(53-36-28-48(29-37-53)47-14-6-4-7-15-47)55-39-41-59-57-19-11-13-21-61(57)65(63(59)43-55,51-32-24-45(2)25-33-51)52-34-26-46(3)27-35-52/h4-43H,1-3H3. The molecule has 0 aliphatic heterocycles. The molecule has 0 radical (unpaired) electrons. The van der Waals surface area contributed by atoms with E-state index in [0.29, 0.717) is 0 Å². The van der Waals surface area contributed by atoms with Crippen LogP contribution in [0.5, 0.6) is 0 Å². The van der Waals surface area contributed by atoms with Gasteiger partial charge < -0.3 is 4.90 Å². The summed E-state index contributed by atoms with van der Waals surface area (Å²) < 4.78 is 0. The lowest BCUT2D eigenvalue weighted by atomic mass is 9.67. The average Bonchev–Trinajstić information content (AvgIpc) is 3.83. The second kappa shape index (κ2) is 15.6. The molecule has 314 valence electrons. The summed E-state index contributed by atoms with van der Waals surface area (Å²) in [5.74, 6) is 0. The van der Waals surface area contributed by atoms with E-state index in [-0.39, 0.29) is 0 Å². The predicted molar refractivity (Wildman–Crippen MR) is 275 cm³/mol. The third-order valence-corrected chi connectivity index (χ3v) is 14.5. The lowest BCUT2D eigenvalue weighted by Crippen LogP contribution is -2.29. The fourth-order valence-corrected chi connectivity index (χ4v) is 11.4. The molecule has 12 rings (SSSR count). The van der Waals surface area contributed by atoms with Crippen LogP contribution in [-0.4, -0.2) is 0 Å². The van der Waals surface area contributed by atoms with Crippen LogP contribution in [0.3, 0.4) is 0 Å². The van der Waals surface area contributed by atoms with Gasteiger partial charge in [-0.25, -0.2) is 0 Å². The minimum absolute atomic E-state index is 0.536. The zero-order valence-corrected chi connectivity index (χ0v) is 37.5. The van der Waals surface area contributed by atoms with Gasteiger partial charge >= 0.3 is 0 Å². The number of hydrogen-bond donors (Lipinski definition) is 0. The maximum atomic E-state index is 2.49. The third kappa shape index (κ3) is 6.00. The maximum Gasteiger partial charge on any atom is 0.0714 e. The van der Waals surface area contributed by atoms with Gasteiger partial charge in [0.2, 0.25) is 0 Å². The van der Waals surface area contributed by atoms with Crippen molar-refractivity contribution >= 4 is 17.1 Å². The summed E-state index contributed by atoms with van der Waals surface area (Å²) in [7, 11) is 0. The summed E-state index contributed by atoms with van der Waals surface area (Å²) in [6.45, 7) is 6.53. The Hall–Kier alpha value is -8.00. The molecule has 0 fully saturated rings. The number of hydrogen-bond acceptors (Lipinski definition) is 1. The highest BCUT2D eigenvalue weighted by molar-refractivity contribution is 5.92. The normalized spacial score (nSPS) is 15.1. The number of fused-ring (bicyclic) bond motifs is 6. The first-order valence-corrected chi connectivity index (χ1v) is 23.2. The number of anilines is 3. The van der Waals surface area contributed by atoms with Gasteiger partial charge in [-0.05, 0) is 135 Å². The van der Waals surface area contributed by atoms with E-state index in [9.17, 15) is 0 Å². The molecule has 2 aliphatic rings. The smallest absolute Gasteiger partial charge is 0.0714 e. The Labute approximate surface area is 389 Å². The number of aryl methyl sites for hydroxylation is 3. The molecule has 10 aromatic carbocycles. The minimum atomic E-state index is -0.542. The molecule has 1 unspecified atom stereocenters. The van der Waals surface area contributed by atoms with Crippen molar-refractivity contribution in [3.63, 3.8) is 0 Å². The maximum absolute atomic E-state index is 2.49. The van der Waals surface area contributed by atoms with E-state index in [2.05, 4.69) is 268 Å². The van der Waals surface area contributed by atoms with Gasteiger partial charge in [0.1, 0.15) is 0 Å².